The molecule has 8 nitrogen and oxygen atoms in total. The molecule has 2 heterocycles. The van der Waals surface area contributed by atoms with Gasteiger partial charge in [-0.2, -0.15) is 0 Å². The lowest BCUT2D eigenvalue weighted by atomic mass is 10.5. The fraction of sp³-hybridized carbons (Fsp3) is 0.222. The second-order valence-electron chi connectivity index (χ2n) is 3.33. The highest BCUT2D eigenvalue weighted by Gasteiger charge is 2.22. The van der Waals surface area contributed by atoms with E-state index < -0.39 is 5.97 Å². The molecule has 88 valence electrons. The largest absolute Gasteiger partial charge is 0.476 e. The molecule has 8 heteroatoms. The highest BCUT2D eigenvalue weighted by Crippen LogP contribution is 2.03. The normalized spacial score (nSPS) is 14.7. The van der Waals surface area contributed by atoms with Crippen LogP contribution in [0, 0.1) is 0 Å². The summed E-state index contributed by atoms with van der Waals surface area (Å²) in [5.41, 5.74) is -0.179. The number of rotatable bonds is 4. The Bertz CT molecular complexity index is 501. The first-order chi connectivity index (χ1) is 8.08. The summed E-state index contributed by atoms with van der Waals surface area (Å²) in [6, 6.07) is 0. The average molecular weight is 236 g/mol. The van der Waals surface area contributed by atoms with E-state index in [1.54, 1.807) is 0 Å². The molecule has 2 rings (SSSR count). The molecule has 1 N–H and O–H groups in total. The monoisotopic (exact) mass is 236 g/mol. The van der Waals surface area contributed by atoms with E-state index in [0.29, 0.717) is 0 Å². The first kappa shape index (κ1) is 11.0. The van der Waals surface area contributed by atoms with E-state index in [2.05, 4.69) is 10.3 Å². The fourth-order valence-electron chi connectivity index (χ4n) is 1.36. The number of aromatic carboxylic acids is 1. The number of hydrogen-bond donors (Lipinski definition) is 1. The Morgan fingerprint density at radius 1 is 1.24 bits per heavy atom. The van der Waals surface area contributed by atoms with Gasteiger partial charge in [0.05, 0.1) is 12.7 Å². The predicted octanol–water partition coefficient (Wildman–Crippen LogP) is -1.10. The molecule has 0 fully saturated rings. The molecule has 1 aromatic rings. The summed E-state index contributed by atoms with van der Waals surface area (Å²) in [5.74, 6) is -1.94. The number of amides is 2. The molecule has 0 unspecified atom stereocenters. The molecule has 17 heavy (non-hydrogen) atoms. The molecule has 2 amide bonds. The van der Waals surface area contributed by atoms with E-state index in [4.69, 9.17) is 5.11 Å². The second kappa shape index (κ2) is 4.16. The zero-order valence-electron chi connectivity index (χ0n) is 8.61. The molecule has 0 aliphatic carbocycles. The van der Waals surface area contributed by atoms with Crippen molar-refractivity contribution in [2.45, 2.75) is 6.54 Å². The van der Waals surface area contributed by atoms with Crippen LogP contribution in [-0.4, -0.2) is 49.3 Å². The molecular weight excluding hydrogens is 228 g/mol. The molecule has 0 saturated heterocycles. The van der Waals surface area contributed by atoms with Crippen molar-refractivity contribution in [3.8, 4) is 0 Å². The zero-order valence-corrected chi connectivity index (χ0v) is 8.61. The van der Waals surface area contributed by atoms with Crippen molar-refractivity contribution in [2.75, 3.05) is 6.54 Å². The minimum atomic E-state index is -1.17. The Kier molecular flexibility index (Phi) is 2.69. The van der Waals surface area contributed by atoms with Gasteiger partial charge in [-0.15, -0.1) is 5.10 Å². The number of carbonyl (C=O) groups excluding carboxylic acids is 2. The number of nitrogens with zero attached hydrogens (tertiary/aromatic N) is 4. The Morgan fingerprint density at radius 2 is 1.88 bits per heavy atom. The molecular formula is C9H8N4O4. The second-order valence-corrected chi connectivity index (χ2v) is 3.33. The van der Waals surface area contributed by atoms with E-state index in [1.807, 2.05) is 0 Å². The summed E-state index contributed by atoms with van der Waals surface area (Å²) in [6.07, 6.45) is 3.61. The van der Waals surface area contributed by atoms with Crippen LogP contribution in [0.15, 0.2) is 18.3 Å². The Hall–Kier alpha value is -2.51. The lowest BCUT2D eigenvalue weighted by Gasteiger charge is -2.12. The van der Waals surface area contributed by atoms with E-state index in [-0.39, 0.29) is 30.6 Å². The van der Waals surface area contributed by atoms with Crippen molar-refractivity contribution in [1.29, 1.82) is 0 Å². The zero-order chi connectivity index (χ0) is 12.4. The smallest absolute Gasteiger partial charge is 0.358 e. The fourth-order valence-corrected chi connectivity index (χ4v) is 1.36. The molecule has 0 saturated carbocycles. The van der Waals surface area contributed by atoms with Gasteiger partial charge in [-0.3, -0.25) is 14.5 Å². The molecule has 0 radical (unpaired) electrons. The Balaban J connectivity index is 1.96. The van der Waals surface area contributed by atoms with Gasteiger partial charge in [0.15, 0.2) is 5.69 Å². The van der Waals surface area contributed by atoms with Crippen LogP contribution in [0.25, 0.3) is 0 Å². The summed E-state index contributed by atoms with van der Waals surface area (Å²) in [5, 5.41) is 15.6. The summed E-state index contributed by atoms with van der Waals surface area (Å²) in [7, 11) is 0. The first-order valence-corrected chi connectivity index (χ1v) is 4.75. The maximum absolute atomic E-state index is 11.2. The lowest BCUT2D eigenvalue weighted by Crippen LogP contribution is -2.33. The number of hydrogen-bond acceptors (Lipinski definition) is 5. The SMILES string of the molecule is O=C(O)c1cn(CCN2C(=O)C=CC2=O)nn1. The van der Waals surface area contributed by atoms with Crippen LogP contribution in [0.2, 0.25) is 0 Å². The highest BCUT2D eigenvalue weighted by molar-refractivity contribution is 6.12. The minimum Gasteiger partial charge on any atom is -0.476 e. The Morgan fingerprint density at radius 3 is 2.41 bits per heavy atom. The van der Waals surface area contributed by atoms with Gasteiger partial charge in [-0.25, -0.2) is 9.48 Å². The molecule has 1 aliphatic heterocycles. The van der Waals surface area contributed by atoms with Crippen LogP contribution in [0.1, 0.15) is 10.5 Å². The number of carboxylic acids is 1. The van der Waals surface area contributed by atoms with Gasteiger partial charge in [0, 0.05) is 18.7 Å². The van der Waals surface area contributed by atoms with Crippen molar-refractivity contribution in [3.63, 3.8) is 0 Å². The summed E-state index contributed by atoms with van der Waals surface area (Å²) in [4.78, 5) is 34.0. The number of imide groups is 1. The van der Waals surface area contributed by atoms with E-state index in [0.717, 1.165) is 4.90 Å². The average Bonchev–Trinajstić information content (AvgIpc) is 2.85. The van der Waals surface area contributed by atoms with Crippen molar-refractivity contribution >= 4 is 17.8 Å². The number of aromatic nitrogens is 3. The highest BCUT2D eigenvalue weighted by atomic mass is 16.4. The van der Waals surface area contributed by atoms with Crippen LogP contribution in [0.3, 0.4) is 0 Å². The molecule has 0 spiro atoms. The van der Waals surface area contributed by atoms with Crippen LogP contribution >= 0.6 is 0 Å². The van der Waals surface area contributed by atoms with Crippen molar-refractivity contribution in [1.82, 2.24) is 19.9 Å². The van der Waals surface area contributed by atoms with Crippen LogP contribution in [-0.2, 0) is 16.1 Å². The summed E-state index contributed by atoms with van der Waals surface area (Å²) >= 11 is 0. The van der Waals surface area contributed by atoms with Crippen molar-refractivity contribution < 1.29 is 19.5 Å². The lowest BCUT2D eigenvalue weighted by molar-refractivity contribution is -0.136. The first-order valence-electron chi connectivity index (χ1n) is 4.75. The maximum Gasteiger partial charge on any atom is 0.358 e. The van der Waals surface area contributed by atoms with Gasteiger partial charge in [0.2, 0.25) is 0 Å². The molecule has 1 aliphatic rings. The molecule has 0 bridgehead atoms. The maximum atomic E-state index is 11.2. The van der Waals surface area contributed by atoms with Crippen molar-refractivity contribution in [3.05, 3.63) is 24.0 Å². The summed E-state index contributed by atoms with van der Waals surface area (Å²) < 4.78 is 1.27. The van der Waals surface area contributed by atoms with Gasteiger partial charge in [0.25, 0.3) is 11.8 Å². The molecule has 0 atom stereocenters. The topological polar surface area (TPSA) is 105 Å². The van der Waals surface area contributed by atoms with Gasteiger partial charge in [0.1, 0.15) is 0 Å². The Labute approximate surface area is 95.1 Å². The molecule has 1 aromatic heterocycles. The third kappa shape index (κ3) is 2.19. The third-order valence-corrected chi connectivity index (χ3v) is 2.21. The van der Waals surface area contributed by atoms with Crippen LogP contribution in [0.5, 0.6) is 0 Å². The van der Waals surface area contributed by atoms with E-state index in [9.17, 15) is 14.4 Å². The van der Waals surface area contributed by atoms with Crippen LogP contribution in [0.4, 0.5) is 0 Å². The summed E-state index contributed by atoms with van der Waals surface area (Å²) in [6.45, 7) is 0.340. The van der Waals surface area contributed by atoms with E-state index in [1.165, 1.54) is 23.0 Å². The third-order valence-electron chi connectivity index (χ3n) is 2.21. The number of carboxylic acid groups (broad SMARTS) is 1. The van der Waals surface area contributed by atoms with Gasteiger partial charge in [-0.05, 0) is 0 Å². The van der Waals surface area contributed by atoms with Crippen LogP contribution < -0.4 is 0 Å². The predicted molar refractivity (Wildman–Crippen MR) is 52.8 cm³/mol. The van der Waals surface area contributed by atoms with Gasteiger partial charge >= 0.3 is 5.97 Å². The quantitative estimate of drug-likeness (QED) is 0.665. The van der Waals surface area contributed by atoms with E-state index >= 15 is 0 Å². The minimum absolute atomic E-state index is 0.132. The standard InChI is InChI=1S/C9H8N4O4/c14-7-1-2-8(15)13(7)4-3-12-5-6(9(16)17)10-11-12/h1-2,5H,3-4H2,(H,16,17). The van der Waals surface area contributed by atoms with Crippen molar-refractivity contribution in [2.24, 2.45) is 0 Å². The van der Waals surface area contributed by atoms with Gasteiger partial charge < -0.3 is 5.11 Å². The number of carbonyl (C=O) groups is 3. The molecule has 0 aromatic carbocycles. The van der Waals surface area contributed by atoms with Gasteiger partial charge in [-0.1, -0.05) is 5.21 Å².